The number of carbonyl (C=O) groups is 3. The van der Waals surface area contributed by atoms with Gasteiger partial charge in [0.25, 0.3) is 0 Å². The highest BCUT2D eigenvalue weighted by molar-refractivity contribution is 6.64. The van der Waals surface area contributed by atoms with Crippen LogP contribution in [0.3, 0.4) is 0 Å². The molecular weight excluding hydrogens is 409 g/mol. The molecule has 0 aromatic heterocycles. The number of halogens is 2. The predicted molar refractivity (Wildman–Crippen MR) is 104 cm³/mol. The Morgan fingerprint density at radius 1 is 1.18 bits per heavy atom. The molecular formula is C19H19Cl2NO6. The molecule has 150 valence electrons. The maximum Gasteiger partial charge on any atom is 0.360 e. The third-order valence-electron chi connectivity index (χ3n) is 4.29. The minimum absolute atomic E-state index is 0.172. The van der Waals surface area contributed by atoms with Gasteiger partial charge in [0, 0.05) is 17.0 Å². The molecule has 2 atom stereocenters. The number of aliphatic imine (C=N–C) groups is 1. The van der Waals surface area contributed by atoms with Crippen molar-refractivity contribution in [2.75, 3.05) is 14.2 Å². The number of carbonyl (C=O) groups excluding carboxylic acids is 3. The summed E-state index contributed by atoms with van der Waals surface area (Å²) in [5.41, 5.74) is -1.33. The van der Waals surface area contributed by atoms with E-state index < -0.39 is 35.1 Å². The van der Waals surface area contributed by atoms with Crippen LogP contribution in [0.1, 0.15) is 32.3 Å². The summed E-state index contributed by atoms with van der Waals surface area (Å²) < 4.78 is 15.4. The number of methoxy groups -OCH3 is 2. The Kier molecular flexibility index (Phi) is 6.52. The summed E-state index contributed by atoms with van der Waals surface area (Å²) in [7, 11) is 2.37. The smallest absolute Gasteiger partial charge is 0.360 e. The van der Waals surface area contributed by atoms with Crippen LogP contribution in [-0.2, 0) is 28.6 Å². The summed E-state index contributed by atoms with van der Waals surface area (Å²) >= 11 is 12.3. The van der Waals surface area contributed by atoms with E-state index in [4.69, 9.17) is 32.7 Å². The van der Waals surface area contributed by atoms with Crippen LogP contribution in [0.4, 0.5) is 0 Å². The molecule has 1 aliphatic rings. The van der Waals surface area contributed by atoms with Gasteiger partial charge in [-0.05, 0) is 31.5 Å². The fourth-order valence-electron chi connectivity index (χ4n) is 3.12. The van der Waals surface area contributed by atoms with Gasteiger partial charge in [-0.15, -0.1) is 0 Å². The molecule has 0 amide bonds. The van der Waals surface area contributed by atoms with E-state index >= 15 is 0 Å². The summed E-state index contributed by atoms with van der Waals surface area (Å²) in [6.07, 6.45) is 0. The Morgan fingerprint density at radius 3 is 2.32 bits per heavy atom. The second-order valence-corrected chi connectivity index (χ2v) is 7.07. The molecule has 0 spiro atoms. The van der Waals surface area contributed by atoms with Gasteiger partial charge in [-0.3, -0.25) is 4.79 Å². The van der Waals surface area contributed by atoms with Crippen LogP contribution < -0.4 is 0 Å². The van der Waals surface area contributed by atoms with Gasteiger partial charge in [0.1, 0.15) is 5.76 Å². The van der Waals surface area contributed by atoms with Crippen LogP contribution in [0.2, 0.25) is 10.0 Å². The number of ketones is 1. The van der Waals surface area contributed by atoms with E-state index in [-0.39, 0.29) is 16.4 Å². The third kappa shape index (κ3) is 4.05. The number of Topliss-reactive ketones (excluding diaryl/α,β-unsaturated/α-hetero) is 1. The Balaban J connectivity index is 2.74. The predicted octanol–water partition coefficient (Wildman–Crippen LogP) is 3.47. The summed E-state index contributed by atoms with van der Waals surface area (Å²) in [5.74, 6) is -2.79. The van der Waals surface area contributed by atoms with Crippen molar-refractivity contribution < 1.29 is 28.6 Å². The van der Waals surface area contributed by atoms with Crippen LogP contribution in [0, 0.1) is 0 Å². The van der Waals surface area contributed by atoms with Gasteiger partial charge in [-0.25, -0.2) is 14.6 Å². The lowest BCUT2D eigenvalue weighted by molar-refractivity contribution is -0.136. The quantitative estimate of drug-likeness (QED) is 0.405. The maximum atomic E-state index is 12.4. The van der Waals surface area contributed by atoms with Crippen molar-refractivity contribution in [1.29, 1.82) is 0 Å². The number of esters is 2. The molecule has 1 aromatic carbocycles. The Bertz CT molecular complexity index is 908. The molecule has 0 aliphatic carbocycles. The average Bonchev–Trinajstić information content (AvgIpc) is 2.88. The molecule has 1 aliphatic heterocycles. The summed E-state index contributed by atoms with van der Waals surface area (Å²) in [6.45, 7) is 4.28. The topological polar surface area (TPSA) is 91.3 Å². The van der Waals surface area contributed by atoms with Gasteiger partial charge >= 0.3 is 11.9 Å². The lowest BCUT2D eigenvalue weighted by Crippen LogP contribution is -2.36. The summed E-state index contributed by atoms with van der Waals surface area (Å²) in [4.78, 5) is 40.7. The number of nitrogens with zero attached hydrogens (tertiary/aromatic N) is 1. The van der Waals surface area contributed by atoms with Crippen LogP contribution in [-0.4, -0.2) is 43.4 Å². The van der Waals surface area contributed by atoms with E-state index in [1.54, 1.807) is 19.1 Å². The number of rotatable bonds is 5. The van der Waals surface area contributed by atoms with Crippen LogP contribution >= 0.6 is 23.2 Å². The van der Waals surface area contributed by atoms with Crippen molar-refractivity contribution in [1.82, 2.24) is 0 Å². The van der Waals surface area contributed by atoms with E-state index in [2.05, 4.69) is 9.73 Å². The van der Waals surface area contributed by atoms with E-state index in [9.17, 15) is 14.4 Å². The zero-order valence-corrected chi connectivity index (χ0v) is 17.5. The highest BCUT2D eigenvalue weighted by atomic mass is 35.5. The average molecular weight is 428 g/mol. The normalized spacial score (nSPS) is 22.0. The first kappa shape index (κ1) is 21.9. The molecule has 7 nitrogen and oxygen atoms in total. The van der Waals surface area contributed by atoms with Gasteiger partial charge in [0.05, 0.1) is 25.7 Å². The van der Waals surface area contributed by atoms with Gasteiger partial charge in [-0.2, -0.15) is 0 Å². The minimum Gasteiger partial charge on any atom is -0.470 e. The van der Waals surface area contributed by atoms with Crippen molar-refractivity contribution in [3.63, 3.8) is 0 Å². The highest BCUT2D eigenvalue weighted by Crippen LogP contribution is 2.49. The van der Waals surface area contributed by atoms with Gasteiger partial charge in [0.2, 0.25) is 5.72 Å². The van der Waals surface area contributed by atoms with Gasteiger partial charge in [0.15, 0.2) is 11.5 Å². The molecule has 2 rings (SSSR count). The molecule has 1 heterocycles. The molecule has 28 heavy (non-hydrogen) atoms. The van der Waals surface area contributed by atoms with Gasteiger partial charge < -0.3 is 14.2 Å². The Labute approximate surface area is 172 Å². The molecule has 9 heteroatoms. The number of benzene rings is 1. The Hall–Kier alpha value is -2.38. The Morgan fingerprint density at radius 2 is 1.82 bits per heavy atom. The molecule has 0 saturated heterocycles. The number of hydrogen-bond donors (Lipinski definition) is 0. The monoisotopic (exact) mass is 427 g/mol. The van der Waals surface area contributed by atoms with Crippen molar-refractivity contribution >= 4 is 46.6 Å². The number of ether oxygens (including phenoxy) is 3. The van der Waals surface area contributed by atoms with E-state index in [1.165, 1.54) is 27.0 Å². The first-order valence-electron chi connectivity index (χ1n) is 8.17. The van der Waals surface area contributed by atoms with Crippen LogP contribution in [0.15, 0.2) is 34.5 Å². The van der Waals surface area contributed by atoms with E-state index in [1.807, 2.05) is 0 Å². The second kappa shape index (κ2) is 8.32. The van der Waals surface area contributed by atoms with Crippen molar-refractivity contribution in [3.8, 4) is 0 Å². The lowest BCUT2D eigenvalue weighted by atomic mass is 9.84. The fourth-order valence-corrected chi connectivity index (χ4v) is 3.64. The number of hydrogen-bond acceptors (Lipinski definition) is 7. The summed E-state index contributed by atoms with van der Waals surface area (Å²) in [5, 5.41) is 0.665. The lowest BCUT2D eigenvalue weighted by Gasteiger charge is -2.29. The zero-order chi connectivity index (χ0) is 21.2. The molecule has 0 N–H and O–H groups in total. The van der Waals surface area contributed by atoms with Crippen LogP contribution in [0.5, 0.6) is 0 Å². The standard InChI is InChI=1S/C19H19Cl2NO6/c1-9(23)16(18(25)27-5)22-19(3)15(12-7-6-11(20)8-13(12)21)14(10(2)28-19)17(24)26-4/h6-8,15H,1-5H3/t15-,19+/m0/s1. The minimum atomic E-state index is -1.53. The molecule has 0 unspecified atom stereocenters. The zero-order valence-electron chi connectivity index (χ0n) is 16.0. The molecule has 0 radical (unpaired) electrons. The SMILES string of the molecule is COC(=O)C(=N[C@]1(C)OC(C)=C(C(=O)OC)[C@@H]1c1ccc(Cl)cc1Cl)C(C)=O. The van der Waals surface area contributed by atoms with Crippen molar-refractivity contribution in [2.45, 2.75) is 32.4 Å². The first-order chi connectivity index (χ1) is 13.1. The van der Waals surface area contributed by atoms with Gasteiger partial charge in [-0.1, -0.05) is 29.3 Å². The first-order valence-corrected chi connectivity index (χ1v) is 8.93. The highest BCUT2D eigenvalue weighted by Gasteiger charge is 2.51. The molecule has 0 fully saturated rings. The maximum absolute atomic E-state index is 12.4. The fraction of sp³-hybridized carbons (Fsp3) is 0.368. The van der Waals surface area contributed by atoms with Crippen molar-refractivity contribution in [2.24, 2.45) is 4.99 Å². The molecule has 0 bridgehead atoms. The number of allylic oxidation sites excluding steroid dienone is 1. The largest absolute Gasteiger partial charge is 0.470 e. The molecule has 0 saturated carbocycles. The third-order valence-corrected chi connectivity index (χ3v) is 4.85. The second-order valence-electron chi connectivity index (χ2n) is 6.23. The molecule has 1 aromatic rings. The van der Waals surface area contributed by atoms with Crippen LogP contribution in [0.25, 0.3) is 0 Å². The van der Waals surface area contributed by atoms with E-state index in [0.717, 1.165) is 7.11 Å². The summed E-state index contributed by atoms with van der Waals surface area (Å²) in [6, 6.07) is 4.73. The van der Waals surface area contributed by atoms with E-state index in [0.29, 0.717) is 10.6 Å². The van der Waals surface area contributed by atoms with Crippen molar-refractivity contribution in [3.05, 3.63) is 45.1 Å².